The van der Waals surface area contributed by atoms with E-state index in [4.69, 9.17) is 11.5 Å². The van der Waals surface area contributed by atoms with Gasteiger partial charge in [0.15, 0.2) is 0 Å². The van der Waals surface area contributed by atoms with Crippen molar-refractivity contribution < 1.29 is 92.3 Å². The number of para-hydroxylation sites is 1. The van der Waals surface area contributed by atoms with Crippen LogP contribution in [0.15, 0.2) is 30.5 Å². The van der Waals surface area contributed by atoms with Gasteiger partial charge < -0.3 is 100 Å². The van der Waals surface area contributed by atoms with E-state index >= 15 is 0 Å². The van der Waals surface area contributed by atoms with Crippen LogP contribution < -0.4 is 70.0 Å². The van der Waals surface area contributed by atoms with Gasteiger partial charge in [-0.3, -0.25) is 67.1 Å². The standard InChI is InChI=1S/C73H119N15O19/c1-15-41(13)58(75)70(103)85-54(35-90)68(101)82-50(30-38(7)8)64(97)79-49(29-37(5)6)63(96)81-51(31-39(9)10)66(99)87-60(42(14)16-2)71(104)77-46(23-25-56(74)91)61(94)84-53(34-89)67(100)83-52(32-43-33-76-45-21-18-17-20-44(43)45)65(98)80-48(28-36(3)4)62(95)78-47(24-26-57(92)93)72(105)88-27-19-22-55(88)69(102)86-59(40(11)12)73(106)107/h17-18,20-21,33,36-42,46-55,58-60,76,89-90H,15-16,19,22-32,34-35,75H2,1-14H3,(H2,74,91)(H,77,104)(H,78,95)(H,79,97)(H,80,98)(H,81,96)(H,82,101)(H,83,100)(H,84,94)(H,85,103)(H,86,102)(H,87,99)(H,92,93)(H,106,107)/t41-,42-,46-,47-,48-,49-,50-,51-,52-,53-,54-,55-,58-,59-,60-/m0/s1. The second-order valence-corrected chi connectivity index (χ2v) is 30.0. The number of aliphatic carboxylic acids is 2. The molecular weight excluding hydrogens is 1390 g/mol. The van der Waals surface area contributed by atoms with Crippen molar-refractivity contribution in [1.82, 2.24) is 68.4 Å². The lowest BCUT2D eigenvalue weighted by atomic mass is 9.95. The SMILES string of the molecule is CC[C@H](C)[C@H](N)C(=O)N[C@@H](CO)C(=O)N[C@@H](CC(C)C)C(=O)N[C@@H](CC(C)C)C(=O)N[C@@H](CC(C)C)C(=O)N[C@H](C(=O)N[C@@H](CCC(N)=O)C(=O)N[C@@H](CO)C(=O)N[C@@H](Cc1c[nH]c2ccccc12)C(=O)N[C@@H](CC(C)C)C(=O)N[C@@H](CCC(=O)O)C(=O)N1CCC[C@H]1C(=O)N[C@H](C(=O)O)C(C)C)[C@@H](C)CC. The van der Waals surface area contributed by atoms with Gasteiger partial charge in [-0.05, 0) is 104 Å². The maximum atomic E-state index is 14.8. The molecule has 1 aromatic carbocycles. The van der Waals surface area contributed by atoms with Gasteiger partial charge in [0.2, 0.25) is 76.8 Å². The third-order valence-electron chi connectivity index (χ3n) is 18.7. The molecule has 0 bridgehead atoms. The lowest BCUT2D eigenvalue weighted by Gasteiger charge is -2.31. The summed E-state index contributed by atoms with van der Waals surface area (Å²) >= 11 is 0. The number of nitrogens with two attached hydrogens (primary N) is 2. The van der Waals surface area contributed by atoms with Crippen LogP contribution in [0.4, 0.5) is 0 Å². The van der Waals surface area contributed by atoms with Crippen molar-refractivity contribution in [1.29, 1.82) is 0 Å². The summed E-state index contributed by atoms with van der Waals surface area (Å²) in [6.07, 6.45) is 0.494. The molecule has 15 atom stereocenters. The second-order valence-electron chi connectivity index (χ2n) is 30.0. The molecule has 13 amide bonds. The van der Waals surface area contributed by atoms with Gasteiger partial charge in [0, 0.05) is 42.9 Å². The highest BCUT2D eigenvalue weighted by Gasteiger charge is 2.42. The molecule has 1 aliphatic heterocycles. The summed E-state index contributed by atoms with van der Waals surface area (Å²) in [6.45, 7) is 22.3. The molecule has 1 saturated heterocycles. The molecular formula is C73H119N15O19. The van der Waals surface area contributed by atoms with Gasteiger partial charge in [-0.15, -0.1) is 0 Å². The number of aliphatic hydroxyl groups excluding tert-OH is 2. The molecule has 0 radical (unpaired) electrons. The molecule has 34 nitrogen and oxygen atoms in total. The van der Waals surface area contributed by atoms with E-state index in [1.54, 1.807) is 120 Å². The molecule has 0 unspecified atom stereocenters. The molecule has 0 saturated carbocycles. The molecule has 34 heteroatoms. The first kappa shape index (κ1) is 91.9. The summed E-state index contributed by atoms with van der Waals surface area (Å²) in [4.78, 5) is 211. The largest absolute Gasteiger partial charge is 0.481 e. The zero-order valence-corrected chi connectivity index (χ0v) is 64.3. The average Bonchev–Trinajstić information content (AvgIpc) is 1.72. The maximum absolute atomic E-state index is 14.8. The number of nitrogens with zero attached hydrogens (tertiary/aromatic N) is 1. The Hall–Kier alpha value is -9.31. The number of benzene rings is 1. The number of aromatic amines is 1. The Labute approximate surface area is 625 Å². The van der Waals surface area contributed by atoms with Crippen molar-refractivity contribution in [3.63, 3.8) is 0 Å². The van der Waals surface area contributed by atoms with Crippen molar-refractivity contribution in [3.8, 4) is 0 Å². The van der Waals surface area contributed by atoms with Crippen LogP contribution in [0.5, 0.6) is 0 Å². The molecule has 1 aliphatic rings. The summed E-state index contributed by atoms with van der Waals surface area (Å²) in [5.41, 5.74) is 12.7. The molecule has 0 spiro atoms. The van der Waals surface area contributed by atoms with E-state index in [0.29, 0.717) is 29.3 Å². The first-order valence-corrected chi connectivity index (χ1v) is 37.1. The van der Waals surface area contributed by atoms with E-state index in [-0.39, 0.29) is 81.1 Å². The lowest BCUT2D eigenvalue weighted by molar-refractivity contribution is -0.146. The third kappa shape index (κ3) is 29.8. The van der Waals surface area contributed by atoms with Crippen molar-refractivity contribution in [2.45, 2.75) is 259 Å². The van der Waals surface area contributed by atoms with Crippen molar-refractivity contribution in [3.05, 3.63) is 36.0 Å². The average molecular weight is 1510 g/mol. The number of carbonyl (C=O) groups excluding carboxylic acids is 13. The van der Waals surface area contributed by atoms with Crippen LogP contribution in [0, 0.1) is 41.4 Å². The highest BCUT2D eigenvalue weighted by molar-refractivity contribution is 6.00. The number of fused-ring (bicyclic) bond motifs is 1. The van der Waals surface area contributed by atoms with E-state index < -0.39 is 218 Å². The molecule has 2 aromatic rings. The number of hydrogen-bond acceptors (Lipinski definition) is 18. The van der Waals surface area contributed by atoms with E-state index in [0.717, 1.165) is 4.90 Å². The predicted octanol–water partition coefficient (Wildman–Crippen LogP) is -0.506. The van der Waals surface area contributed by atoms with Gasteiger partial charge in [-0.25, -0.2) is 4.79 Å². The molecule has 107 heavy (non-hydrogen) atoms. The number of carbonyl (C=O) groups is 15. The summed E-state index contributed by atoms with van der Waals surface area (Å²) in [5.74, 6) is -16.8. The molecule has 3 rings (SSSR count). The quantitative estimate of drug-likeness (QED) is 0.0397. The van der Waals surface area contributed by atoms with Gasteiger partial charge in [0.1, 0.15) is 72.5 Å². The van der Waals surface area contributed by atoms with Crippen molar-refractivity contribution in [2.24, 2.45) is 52.9 Å². The summed E-state index contributed by atoms with van der Waals surface area (Å²) in [5, 5.41) is 69.5. The van der Waals surface area contributed by atoms with Gasteiger partial charge in [0.25, 0.3) is 0 Å². The minimum absolute atomic E-state index is 0.00351. The monoisotopic (exact) mass is 1510 g/mol. The smallest absolute Gasteiger partial charge is 0.326 e. The molecule has 0 aliphatic carbocycles. The molecule has 1 aromatic heterocycles. The van der Waals surface area contributed by atoms with E-state index in [1.807, 2.05) is 6.92 Å². The Morgan fingerprint density at radius 2 is 0.888 bits per heavy atom. The van der Waals surface area contributed by atoms with Crippen molar-refractivity contribution in [2.75, 3.05) is 19.8 Å². The molecule has 2 heterocycles. The lowest BCUT2D eigenvalue weighted by Crippen LogP contribution is -2.62. The third-order valence-corrected chi connectivity index (χ3v) is 18.7. The Morgan fingerprint density at radius 1 is 0.486 bits per heavy atom. The van der Waals surface area contributed by atoms with Crippen LogP contribution in [0.1, 0.15) is 180 Å². The Morgan fingerprint density at radius 3 is 1.33 bits per heavy atom. The minimum atomic E-state index is -1.90. The number of aliphatic hydroxyl groups is 2. The number of carboxylic acids is 2. The normalized spacial score (nSPS) is 16.9. The number of primary amides is 1. The number of carboxylic acid groups (broad SMARTS) is 2. The first-order valence-electron chi connectivity index (χ1n) is 37.1. The highest BCUT2D eigenvalue weighted by atomic mass is 16.4. The first-order chi connectivity index (χ1) is 50.2. The summed E-state index contributed by atoms with van der Waals surface area (Å²) in [7, 11) is 0. The molecule has 20 N–H and O–H groups in total. The number of hydrogen-bond donors (Lipinski definition) is 18. The minimum Gasteiger partial charge on any atom is -0.481 e. The molecule has 1 fully saturated rings. The second kappa shape index (κ2) is 44.7. The zero-order valence-electron chi connectivity index (χ0n) is 64.3. The number of likely N-dealkylation sites (tertiary alicyclic amines) is 1. The van der Waals surface area contributed by atoms with Crippen molar-refractivity contribution >= 4 is 99.6 Å². The van der Waals surface area contributed by atoms with Crippen LogP contribution in [-0.2, 0) is 78.3 Å². The Kier molecular flexibility index (Phi) is 38.4. The van der Waals surface area contributed by atoms with E-state index in [9.17, 15) is 92.3 Å². The van der Waals surface area contributed by atoms with Crippen LogP contribution in [0.3, 0.4) is 0 Å². The number of nitrogens with one attached hydrogen (secondary N) is 12. The topological polar surface area (TPSA) is 540 Å². The number of rotatable bonds is 47. The molecule has 600 valence electrons. The number of aromatic nitrogens is 1. The van der Waals surface area contributed by atoms with Gasteiger partial charge in [-0.1, -0.05) is 128 Å². The van der Waals surface area contributed by atoms with E-state index in [2.05, 4.69) is 63.5 Å². The van der Waals surface area contributed by atoms with Crippen LogP contribution >= 0.6 is 0 Å². The van der Waals surface area contributed by atoms with Gasteiger partial charge in [0.05, 0.1) is 19.3 Å². The van der Waals surface area contributed by atoms with Crippen LogP contribution in [0.25, 0.3) is 10.9 Å². The van der Waals surface area contributed by atoms with Gasteiger partial charge in [-0.2, -0.15) is 0 Å². The zero-order chi connectivity index (χ0) is 80.9. The fourth-order valence-electron chi connectivity index (χ4n) is 12.2. The fourth-order valence-corrected chi connectivity index (χ4v) is 12.2. The van der Waals surface area contributed by atoms with Crippen LogP contribution in [-0.4, -0.2) is 217 Å². The summed E-state index contributed by atoms with van der Waals surface area (Å²) < 4.78 is 0. The summed E-state index contributed by atoms with van der Waals surface area (Å²) in [6, 6.07) is -11.6. The van der Waals surface area contributed by atoms with E-state index in [1.165, 1.54) is 0 Å². The maximum Gasteiger partial charge on any atom is 0.326 e. The van der Waals surface area contributed by atoms with Crippen LogP contribution in [0.2, 0.25) is 0 Å². The Bertz CT molecular complexity index is 3380. The fraction of sp³-hybridized carbons (Fsp3) is 0.685. The number of H-pyrrole nitrogens is 1. The number of amides is 13. The van der Waals surface area contributed by atoms with Gasteiger partial charge >= 0.3 is 11.9 Å². The predicted molar refractivity (Wildman–Crippen MR) is 395 cm³/mol. The highest BCUT2D eigenvalue weighted by Crippen LogP contribution is 2.24. The Balaban J connectivity index is 1.97.